The smallest absolute Gasteiger partial charge is 0.126 e. The molecule has 2 nitrogen and oxygen atoms in total. The molecule has 0 unspecified atom stereocenters. The summed E-state index contributed by atoms with van der Waals surface area (Å²) in [6.45, 7) is 5.71. The molecule has 4 heteroatoms. The monoisotopic (exact) mass is 254 g/mol. The van der Waals surface area contributed by atoms with Crippen molar-refractivity contribution in [1.29, 1.82) is 0 Å². The summed E-state index contributed by atoms with van der Waals surface area (Å²) >= 11 is 0. The molecule has 0 aromatic heterocycles. The van der Waals surface area contributed by atoms with Crippen molar-refractivity contribution in [3.05, 3.63) is 35.4 Å². The lowest BCUT2D eigenvalue weighted by Gasteiger charge is -2.32. The van der Waals surface area contributed by atoms with Gasteiger partial charge in [-0.2, -0.15) is 0 Å². The van der Waals surface area contributed by atoms with E-state index in [0.717, 1.165) is 44.1 Å². The molecule has 2 rings (SSSR count). The van der Waals surface area contributed by atoms with Gasteiger partial charge in [0.25, 0.3) is 0 Å². The van der Waals surface area contributed by atoms with Crippen LogP contribution in [0.5, 0.6) is 0 Å². The minimum Gasteiger partial charge on any atom is -0.314 e. The van der Waals surface area contributed by atoms with Crippen molar-refractivity contribution in [3.63, 3.8) is 0 Å². The first-order valence-corrected chi connectivity index (χ1v) is 6.58. The zero-order valence-corrected chi connectivity index (χ0v) is 10.8. The third kappa shape index (κ3) is 3.75. The molecule has 1 saturated heterocycles. The maximum atomic E-state index is 13.1. The van der Waals surface area contributed by atoms with Gasteiger partial charge in [0, 0.05) is 18.7 Å². The van der Waals surface area contributed by atoms with Gasteiger partial charge < -0.3 is 5.32 Å². The summed E-state index contributed by atoms with van der Waals surface area (Å²) in [5.74, 6) is -0.986. The Labute approximate surface area is 107 Å². The van der Waals surface area contributed by atoms with Gasteiger partial charge in [-0.25, -0.2) is 8.78 Å². The molecule has 1 aliphatic heterocycles. The van der Waals surface area contributed by atoms with Crippen LogP contribution in [0.2, 0.25) is 0 Å². The number of rotatable bonds is 4. The van der Waals surface area contributed by atoms with Crippen LogP contribution >= 0.6 is 0 Å². The molecule has 1 N–H and O–H groups in total. The van der Waals surface area contributed by atoms with Crippen LogP contribution in [0.3, 0.4) is 0 Å². The van der Waals surface area contributed by atoms with Gasteiger partial charge in [-0.05, 0) is 50.2 Å². The predicted molar refractivity (Wildman–Crippen MR) is 68.3 cm³/mol. The Morgan fingerprint density at radius 2 is 1.78 bits per heavy atom. The molecule has 100 valence electrons. The lowest BCUT2D eigenvalue weighted by atomic mass is 10.0. The first kappa shape index (κ1) is 13.4. The Bertz CT molecular complexity index is 367. The van der Waals surface area contributed by atoms with E-state index in [1.807, 2.05) is 0 Å². The number of nitrogens with zero attached hydrogens (tertiary/aromatic N) is 1. The first-order valence-electron chi connectivity index (χ1n) is 6.58. The minimum atomic E-state index is -0.493. The summed E-state index contributed by atoms with van der Waals surface area (Å²) in [5, 5.41) is 3.44. The van der Waals surface area contributed by atoms with E-state index in [9.17, 15) is 8.78 Å². The van der Waals surface area contributed by atoms with E-state index in [4.69, 9.17) is 0 Å². The quantitative estimate of drug-likeness (QED) is 0.888. The first-order chi connectivity index (χ1) is 8.67. The number of hydrogen-bond donors (Lipinski definition) is 1. The van der Waals surface area contributed by atoms with E-state index in [2.05, 4.69) is 17.1 Å². The van der Waals surface area contributed by atoms with Crippen molar-refractivity contribution in [2.75, 3.05) is 19.6 Å². The van der Waals surface area contributed by atoms with Gasteiger partial charge in [0.05, 0.1) is 0 Å². The SMILES string of the molecule is CCNC1CCN(Cc2cc(F)cc(F)c2)CC1. The molecule has 1 aromatic carbocycles. The Morgan fingerprint density at radius 1 is 1.17 bits per heavy atom. The molecule has 1 fully saturated rings. The molecule has 0 amide bonds. The second kappa shape index (κ2) is 6.25. The average molecular weight is 254 g/mol. The Kier molecular flexibility index (Phi) is 4.66. The van der Waals surface area contributed by atoms with E-state index in [1.54, 1.807) is 0 Å². The molecule has 0 saturated carbocycles. The highest BCUT2D eigenvalue weighted by Gasteiger charge is 2.18. The van der Waals surface area contributed by atoms with Crippen LogP contribution in [-0.4, -0.2) is 30.6 Å². The zero-order chi connectivity index (χ0) is 13.0. The van der Waals surface area contributed by atoms with E-state index in [1.165, 1.54) is 12.1 Å². The molecule has 0 spiro atoms. The van der Waals surface area contributed by atoms with Crippen molar-refractivity contribution in [3.8, 4) is 0 Å². The number of hydrogen-bond acceptors (Lipinski definition) is 2. The Balaban J connectivity index is 1.87. The lowest BCUT2D eigenvalue weighted by Crippen LogP contribution is -2.42. The standard InChI is InChI=1S/C14H20F2N2/c1-2-17-14-3-5-18(6-4-14)10-11-7-12(15)9-13(16)8-11/h7-9,14,17H,2-6,10H2,1H3. The fourth-order valence-corrected chi connectivity index (χ4v) is 2.54. The third-order valence-electron chi connectivity index (χ3n) is 3.41. The van der Waals surface area contributed by atoms with Crippen LogP contribution in [0.4, 0.5) is 8.78 Å². The zero-order valence-electron chi connectivity index (χ0n) is 10.8. The number of halogens is 2. The second-order valence-corrected chi connectivity index (χ2v) is 4.89. The highest BCUT2D eigenvalue weighted by Crippen LogP contribution is 2.15. The molecular weight excluding hydrogens is 234 g/mol. The summed E-state index contributed by atoms with van der Waals surface area (Å²) in [7, 11) is 0. The molecular formula is C14H20F2N2. The largest absolute Gasteiger partial charge is 0.314 e. The van der Waals surface area contributed by atoms with E-state index >= 15 is 0 Å². The van der Waals surface area contributed by atoms with Gasteiger partial charge in [-0.3, -0.25) is 4.90 Å². The molecule has 0 radical (unpaired) electrons. The molecule has 0 atom stereocenters. The maximum Gasteiger partial charge on any atom is 0.126 e. The van der Waals surface area contributed by atoms with Gasteiger partial charge in [0.15, 0.2) is 0 Å². The maximum absolute atomic E-state index is 13.1. The van der Waals surface area contributed by atoms with Crippen molar-refractivity contribution in [1.82, 2.24) is 10.2 Å². The van der Waals surface area contributed by atoms with Crippen LogP contribution in [-0.2, 0) is 6.54 Å². The molecule has 1 aromatic rings. The van der Waals surface area contributed by atoms with E-state index < -0.39 is 11.6 Å². The molecule has 0 bridgehead atoms. The minimum absolute atomic E-state index is 0.493. The third-order valence-corrected chi connectivity index (χ3v) is 3.41. The number of likely N-dealkylation sites (tertiary alicyclic amines) is 1. The van der Waals surface area contributed by atoms with E-state index in [0.29, 0.717) is 12.6 Å². The van der Waals surface area contributed by atoms with Gasteiger partial charge in [-0.1, -0.05) is 6.92 Å². The topological polar surface area (TPSA) is 15.3 Å². The number of benzene rings is 1. The van der Waals surface area contributed by atoms with Gasteiger partial charge in [-0.15, -0.1) is 0 Å². The second-order valence-electron chi connectivity index (χ2n) is 4.89. The molecule has 0 aliphatic carbocycles. The number of piperidine rings is 1. The fourth-order valence-electron chi connectivity index (χ4n) is 2.54. The summed E-state index contributed by atoms with van der Waals surface area (Å²) in [5.41, 5.74) is 0.717. The number of nitrogens with one attached hydrogen (secondary N) is 1. The Hall–Kier alpha value is -1.00. The normalized spacial score (nSPS) is 18.2. The average Bonchev–Trinajstić information content (AvgIpc) is 2.31. The lowest BCUT2D eigenvalue weighted by molar-refractivity contribution is 0.191. The summed E-state index contributed by atoms with van der Waals surface area (Å²) in [6, 6.07) is 4.34. The highest BCUT2D eigenvalue weighted by atomic mass is 19.1. The summed E-state index contributed by atoms with van der Waals surface area (Å²) in [6.07, 6.45) is 2.21. The molecule has 18 heavy (non-hydrogen) atoms. The van der Waals surface area contributed by atoms with Crippen LogP contribution < -0.4 is 5.32 Å². The van der Waals surface area contributed by atoms with Crippen LogP contribution in [0.15, 0.2) is 18.2 Å². The highest BCUT2D eigenvalue weighted by molar-refractivity contribution is 5.17. The fraction of sp³-hybridized carbons (Fsp3) is 0.571. The molecule has 1 aliphatic rings. The van der Waals surface area contributed by atoms with Crippen LogP contribution in [0, 0.1) is 11.6 Å². The van der Waals surface area contributed by atoms with Crippen LogP contribution in [0.25, 0.3) is 0 Å². The molecule has 1 heterocycles. The van der Waals surface area contributed by atoms with Crippen molar-refractivity contribution >= 4 is 0 Å². The van der Waals surface area contributed by atoms with Crippen molar-refractivity contribution in [2.45, 2.75) is 32.4 Å². The van der Waals surface area contributed by atoms with Crippen LogP contribution in [0.1, 0.15) is 25.3 Å². The predicted octanol–water partition coefficient (Wildman–Crippen LogP) is 2.54. The van der Waals surface area contributed by atoms with Crippen molar-refractivity contribution < 1.29 is 8.78 Å². The van der Waals surface area contributed by atoms with E-state index in [-0.39, 0.29) is 0 Å². The summed E-state index contributed by atoms with van der Waals surface area (Å²) in [4.78, 5) is 2.25. The van der Waals surface area contributed by atoms with Gasteiger partial charge in [0.1, 0.15) is 11.6 Å². The Morgan fingerprint density at radius 3 is 2.33 bits per heavy atom. The van der Waals surface area contributed by atoms with Gasteiger partial charge >= 0.3 is 0 Å². The van der Waals surface area contributed by atoms with Gasteiger partial charge in [0.2, 0.25) is 0 Å². The summed E-state index contributed by atoms with van der Waals surface area (Å²) < 4.78 is 26.2. The van der Waals surface area contributed by atoms with Crippen molar-refractivity contribution in [2.24, 2.45) is 0 Å².